The van der Waals surface area contributed by atoms with Gasteiger partial charge in [-0.05, 0) is 17.7 Å². The lowest BCUT2D eigenvalue weighted by Crippen LogP contribution is -2.19. The van der Waals surface area contributed by atoms with Gasteiger partial charge in [-0.2, -0.15) is 16.7 Å². The summed E-state index contributed by atoms with van der Waals surface area (Å²) in [5.74, 6) is 2.45. The van der Waals surface area contributed by atoms with Gasteiger partial charge in [0.1, 0.15) is 5.52 Å². The second-order valence-corrected chi connectivity index (χ2v) is 6.44. The summed E-state index contributed by atoms with van der Waals surface area (Å²) in [6.07, 6.45) is 4.08. The second-order valence-electron chi connectivity index (χ2n) is 5.33. The number of ether oxygens (including phenoxy) is 1. The maximum absolute atomic E-state index is 12.5. The van der Waals surface area contributed by atoms with Crippen LogP contribution in [0.2, 0.25) is 0 Å². The number of rotatable bonds is 3. The summed E-state index contributed by atoms with van der Waals surface area (Å²) >= 11 is 1.85. The first-order valence-electron chi connectivity index (χ1n) is 7.30. The van der Waals surface area contributed by atoms with Crippen LogP contribution in [0.4, 0.5) is 0 Å². The Morgan fingerprint density at radius 3 is 3.17 bits per heavy atom. The van der Waals surface area contributed by atoms with E-state index in [1.54, 1.807) is 13.2 Å². The molecule has 0 saturated carbocycles. The topological polar surface area (TPSA) is 70.2 Å². The number of aromatic nitrogens is 3. The van der Waals surface area contributed by atoms with Gasteiger partial charge in [0, 0.05) is 17.9 Å². The molecule has 0 fully saturated rings. The minimum Gasteiger partial charge on any atom is -0.481 e. The van der Waals surface area contributed by atoms with Crippen LogP contribution in [0.25, 0.3) is 22.2 Å². The minimum absolute atomic E-state index is 0.217. The molecule has 7 heteroatoms. The zero-order valence-electron chi connectivity index (χ0n) is 12.7. The van der Waals surface area contributed by atoms with Crippen molar-refractivity contribution in [3.05, 3.63) is 40.5 Å². The summed E-state index contributed by atoms with van der Waals surface area (Å²) in [6, 6.07) is 0. The van der Waals surface area contributed by atoms with Crippen LogP contribution in [0, 0.1) is 0 Å². The quantitative estimate of drug-likeness (QED) is 0.688. The number of methoxy groups -OCH3 is 1. The third-order valence-corrected chi connectivity index (χ3v) is 5.02. The van der Waals surface area contributed by atoms with Crippen molar-refractivity contribution >= 4 is 34.0 Å². The lowest BCUT2D eigenvalue weighted by molar-refractivity contribution is 0.393. The smallest absolute Gasteiger partial charge is 0.297 e. The van der Waals surface area contributed by atoms with E-state index in [1.165, 1.54) is 10.9 Å². The van der Waals surface area contributed by atoms with Crippen LogP contribution in [0.1, 0.15) is 11.1 Å². The first-order chi connectivity index (χ1) is 11.2. The van der Waals surface area contributed by atoms with E-state index < -0.39 is 0 Å². The second kappa shape index (κ2) is 5.42. The monoisotopic (exact) mass is 329 g/mol. The van der Waals surface area contributed by atoms with Crippen molar-refractivity contribution in [3.63, 3.8) is 0 Å². The molecule has 0 amide bonds. The van der Waals surface area contributed by atoms with Crippen LogP contribution in [0.3, 0.4) is 0 Å². The Labute approximate surface area is 136 Å². The maximum Gasteiger partial charge on any atom is 0.297 e. The molecule has 0 unspecified atom stereocenters. The molecule has 1 aliphatic rings. The summed E-state index contributed by atoms with van der Waals surface area (Å²) < 4.78 is 12.6. The highest BCUT2D eigenvalue weighted by molar-refractivity contribution is 7.98. The third-order valence-electron chi connectivity index (χ3n) is 4.04. The van der Waals surface area contributed by atoms with E-state index in [2.05, 4.69) is 16.5 Å². The van der Waals surface area contributed by atoms with Gasteiger partial charge in [0.25, 0.3) is 5.56 Å². The molecule has 3 aromatic rings. The molecule has 1 aliphatic heterocycles. The highest BCUT2D eigenvalue weighted by Gasteiger charge is 2.25. The zero-order valence-corrected chi connectivity index (χ0v) is 13.5. The fraction of sp³-hybridized carbons (Fsp3) is 0.312. The predicted octanol–water partition coefficient (Wildman–Crippen LogP) is 2.52. The largest absolute Gasteiger partial charge is 0.481 e. The summed E-state index contributed by atoms with van der Waals surface area (Å²) in [5, 5.41) is 0.846. The van der Waals surface area contributed by atoms with Crippen LogP contribution < -0.4 is 10.3 Å². The molecule has 6 nitrogen and oxygen atoms in total. The Morgan fingerprint density at radius 2 is 2.39 bits per heavy atom. The number of aryl methyl sites for hydroxylation is 1. The van der Waals surface area contributed by atoms with E-state index in [4.69, 9.17) is 9.15 Å². The molecule has 4 heterocycles. The fourth-order valence-corrected chi connectivity index (χ4v) is 3.99. The Morgan fingerprint density at radius 1 is 1.52 bits per heavy atom. The number of allylic oxidation sites excluding steroid dienone is 1. The van der Waals surface area contributed by atoms with Crippen molar-refractivity contribution in [2.45, 2.75) is 18.7 Å². The number of hydrogen-bond acceptors (Lipinski definition) is 6. The molecule has 118 valence electrons. The fourth-order valence-electron chi connectivity index (χ4n) is 2.99. The van der Waals surface area contributed by atoms with Gasteiger partial charge in [-0.3, -0.25) is 9.36 Å². The third kappa shape index (κ3) is 2.07. The van der Waals surface area contributed by atoms with E-state index in [9.17, 15) is 4.79 Å². The van der Waals surface area contributed by atoms with E-state index >= 15 is 0 Å². The van der Waals surface area contributed by atoms with Crippen LogP contribution in [-0.2, 0) is 18.7 Å². The molecular weight excluding hydrogens is 314 g/mol. The Hall–Kier alpha value is -2.28. The van der Waals surface area contributed by atoms with E-state index in [0.29, 0.717) is 23.7 Å². The van der Waals surface area contributed by atoms with Gasteiger partial charge in [0.05, 0.1) is 18.8 Å². The SMILES string of the molecule is C=CCn1cnc2c(oc3nc(OC)c4c(c32)CCSC4)c1=O. The predicted molar refractivity (Wildman–Crippen MR) is 90.2 cm³/mol. The number of hydrogen-bond donors (Lipinski definition) is 0. The highest BCUT2D eigenvalue weighted by atomic mass is 32.2. The molecular formula is C16H15N3O3S. The standard InChI is InChI=1S/C16H15N3O3S/c1-3-5-19-8-17-12-11-9-4-6-23-7-10(9)14(21-2)18-15(11)22-13(12)16(19)20/h3,8H,1,4-7H2,2H3. The highest BCUT2D eigenvalue weighted by Crippen LogP contribution is 2.38. The molecule has 0 N–H and O–H groups in total. The molecule has 0 aliphatic carbocycles. The van der Waals surface area contributed by atoms with Gasteiger partial charge >= 0.3 is 0 Å². The normalized spacial score (nSPS) is 14.1. The van der Waals surface area contributed by atoms with E-state index in [1.807, 2.05) is 11.8 Å². The Balaban J connectivity index is 2.11. The first-order valence-corrected chi connectivity index (χ1v) is 8.46. The maximum atomic E-state index is 12.5. The average Bonchev–Trinajstić information content (AvgIpc) is 2.96. The number of furan rings is 1. The molecule has 0 aromatic carbocycles. The number of thioether (sulfide) groups is 1. The van der Waals surface area contributed by atoms with Gasteiger partial charge in [-0.15, -0.1) is 6.58 Å². The van der Waals surface area contributed by atoms with Crippen molar-refractivity contribution in [2.24, 2.45) is 0 Å². The van der Waals surface area contributed by atoms with Crippen molar-refractivity contribution in [2.75, 3.05) is 12.9 Å². The molecule has 0 spiro atoms. The van der Waals surface area contributed by atoms with Gasteiger partial charge in [0.15, 0.2) is 0 Å². The van der Waals surface area contributed by atoms with Gasteiger partial charge in [-0.1, -0.05) is 6.08 Å². The molecule has 0 saturated heterocycles. The molecule has 0 radical (unpaired) electrons. The van der Waals surface area contributed by atoms with Crippen molar-refractivity contribution in [1.29, 1.82) is 0 Å². The lowest BCUT2D eigenvalue weighted by atomic mass is 10.0. The molecule has 0 atom stereocenters. The Bertz CT molecular complexity index is 990. The van der Waals surface area contributed by atoms with Crippen molar-refractivity contribution < 1.29 is 9.15 Å². The van der Waals surface area contributed by atoms with Crippen LogP contribution in [0.5, 0.6) is 5.88 Å². The minimum atomic E-state index is -0.217. The molecule has 23 heavy (non-hydrogen) atoms. The number of fused-ring (bicyclic) bond motifs is 5. The van der Waals surface area contributed by atoms with E-state index in [0.717, 1.165) is 34.4 Å². The van der Waals surface area contributed by atoms with Gasteiger partial charge in [0.2, 0.25) is 17.2 Å². The summed E-state index contributed by atoms with van der Waals surface area (Å²) in [5.41, 5.74) is 3.25. The summed E-state index contributed by atoms with van der Waals surface area (Å²) in [7, 11) is 1.60. The summed E-state index contributed by atoms with van der Waals surface area (Å²) in [6.45, 7) is 4.04. The van der Waals surface area contributed by atoms with Gasteiger partial charge < -0.3 is 9.15 Å². The first kappa shape index (κ1) is 14.3. The van der Waals surface area contributed by atoms with Crippen LogP contribution in [-0.4, -0.2) is 27.4 Å². The summed E-state index contributed by atoms with van der Waals surface area (Å²) in [4.78, 5) is 21.4. The average molecular weight is 329 g/mol. The molecule has 0 bridgehead atoms. The zero-order chi connectivity index (χ0) is 16.0. The van der Waals surface area contributed by atoms with Crippen LogP contribution in [0.15, 0.2) is 28.2 Å². The van der Waals surface area contributed by atoms with E-state index in [-0.39, 0.29) is 11.1 Å². The van der Waals surface area contributed by atoms with Crippen LogP contribution >= 0.6 is 11.8 Å². The van der Waals surface area contributed by atoms with Crippen molar-refractivity contribution in [3.8, 4) is 5.88 Å². The molecule has 4 rings (SSSR count). The lowest BCUT2D eigenvalue weighted by Gasteiger charge is -2.17. The molecule has 3 aromatic heterocycles. The van der Waals surface area contributed by atoms with Gasteiger partial charge in [-0.25, -0.2) is 4.98 Å². The number of pyridine rings is 1. The number of nitrogens with zero attached hydrogens (tertiary/aromatic N) is 3. The van der Waals surface area contributed by atoms with Crippen molar-refractivity contribution in [1.82, 2.24) is 14.5 Å². The Kier molecular flexibility index (Phi) is 3.37.